The maximum Gasteiger partial charge on any atom is 0.250 e. The standard InChI is InChI=1S/C20H20N4O2/c1-13(2)19(25)21-15-7-5-9-17(11-15)23-24-18-10-6-8-16(12-18)22-20(26)14(3)4/h5-12H,1,3H2,2,4H3,(H,21,25)(H,22,26). The van der Waals surface area contributed by atoms with Crippen molar-refractivity contribution < 1.29 is 9.59 Å². The monoisotopic (exact) mass is 348 g/mol. The van der Waals surface area contributed by atoms with Crippen molar-refractivity contribution in [3.8, 4) is 0 Å². The number of amides is 2. The Labute approximate surface area is 152 Å². The van der Waals surface area contributed by atoms with Crippen LogP contribution in [0.1, 0.15) is 13.8 Å². The van der Waals surface area contributed by atoms with Gasteiger partial charge >= 0.3 is 0 Å². The van der Waals surface area contributed by atoms with E-state index >= 15 is 0 Å². The number of azo groups is 1. The van der Waals surface area contributed by atoms with Crippen molar-refractivity contribution in [2.75, 3.05) is 10.6 Å². The summed E-state index contributed by atoms with van der Waals surface area (Å²) in [6.45, 7) is 10.5. The molecule has 0 heterocycles. The molecule has 2 aromatic rings. The lowest BCUT2D eigenvalue weighted by molar-refractivity contribution is -0.113. The van der Waals surface area contributed by atoms with Crippen LogP contribution in [-0.4, -0.2) is 11.8 Å². The molecular weight excluding hydrogens is 328 g/mol. The molecule has 0 spiro atoms. The van der Waals surface area contributed by atoms with E-state index in [-0.39, 0.29) is 11.8 Å². The number of nitrogens with one attached hydrogen (secondary N) is 2. The first-order valence-corrected chi connectivity index (χ1v) is 7.91. The van der Waals surface area contributed by atoms with Crippen LogP contribution in [0.3, 0.4) is 0 Å². The van der Waals surface area contributed by atoms with Crippen molar-refractivity contribution in [1.82, 2.24) is 0 Å². The molecule has 6 nitrogen and oxygen atoms in total. The molecule has 0 aliphatic rings. The van der Waals surface area contributed by atoms with Gasteiger partial charge in [-0.05, 0) is 50.2 Å². The average Bonchev–Trinajstić information content (AvgIpc) is 2.60. The minimum absolute atomic E-state index is 0.250. The molecule has 0 atom stereocenters. The fraction of sp³-hybridized carbons (Fsp3) is 0.100. The molecule has 0 saturated carbocycles. The molecule has 0 aliphatic carbocycles. The highest BCUT2D eigenvalue weighted by Gasteiger charge is 2.04. The van der Waals surface area contributed by atoms with Gasteiger partial charge < -0.3 is 10.6 Å². The van der Waals surface area contributed by atoms with Crippen molar-refractivity contribution in [3.05, 3.63) is 72.8 Å². The molecule has 0 aliphatic heterocycles. The third kappa shape index (κ3) is 5.52. The summed E-state index contributed by atoms with van der Waals surface area (Å²) in [6.07, 6.45) is 0. The summed E-state index contributed by atoms with van der Waals surface area (Å²) in [5.41, 5.74) is 3.23. The van der Waals surface area contributed by atoms with Gasteiger partial charge in [-0.1, -0.05) is 25.3 Å². The number of hydrogen-bond donors (Lipinski definition) is 2. The van der Waals surface area contributed by atoms with Crippen LogP contribution in [0.5, 0.6) is 0 Å². The van der Waals surface area contributed by atoms with E-state index in [9.17, 15) is 9.59 Å². The number of nitrogens with zero attached hydrogens (tertiary/aromatic N) is 2. The highest BCUT2D eigenvalue weighted by molar-refractivity contribution is 6.03. The molecule has 26 heavy (non-hydrogen) atoms. The van der Waals surface area contributed by atoms with Gasteiger partial charge in [0.1, 0.15) is 0 Å². The molecule has 0 aromatic heterocycles. The van der Waals surface area contributed by atoms with Crippen LogP contribution in [0.2, 0.25) is 0 Å². The fourth-order valence-electron chi connectivity index (χ4n) is 1.88. The summed E-state index contributed by atoms with van der Waals surface area (Å²) in [7, 11) is 0. The molecule has 0 radical (unpaired) electrons. The zero-order chi connectivity index (χ0) is 19.1. The first-order valence-electron chi connectivity index (χ1n) is 7.91. The number of benzene rings is 2. The van der Waals surface area contributed by atoms with Gasteiger partial charge in [-0.15, -0.1) is 0 Å². The SMILES string of the molecule is C=C(C)C(=O)Nc1cccc(N=Nc2cccc(NC(=O)C(=C)C)c2)c1. The zero-order valence-corrected chi connectivity index (χ0v) is 14.7. The summed E-state index contributed by atoms with van der Waals surface area (Å²) in [4.78, 5) is 23.3. The zero-order valence-electron chi connectivity index (χ0n) is 14.7. The van der Waals surface area contributed by atoms with Crippen LogP contribution >= 0.6 is 0 Å². The number of anilines is 2. The molecule has 0 saturated heterocycles. The van der Waals surface area contributed by atoms with E-state index in [1.807, 2.05) is 0 Å². The molecule has 0 bridgehead atoms. The van der Waals surface area contributed by atoms with Crippen LogP contribution < -0.4 is 10.6 Å². The Bertz CT molecular complexity index is 827. The molecule has 2 amide bonds. The van der Waals surface area contributed by atoms with Gasteiger partial charge in [0, 0.05) is 22.5 Å². The first kappa shape index (κ1) is 18.8. The van der Waals surface area contributed by atoms with Gasteiger partial charge in [0.15, 0.2) is 0 Å². The average molecular weight is 348 g/mol. The lowest BCUT2D eigenvalue weighted by atomic mass is 10.2. The van der Waals surface area contributed by atoms with E-state index in [0.717, 1.165) is 0 Å². The Morgan fingerprint density at radius 1 is 0.769 bits per heavy atom. The Hall–Kier alpha value is -3.54. The van der Waals surface area contributed by atoms with Gasteiger partial charge in [-0.2, -0.15) is 10.2 Å². The molecule has 0 fully saturated rings. The van der Waals surface area contributed by atoms with E-state index in [0.29, 0.717) is 33.9 Å². The van der Waals surface area contributed by atoms with Gasteiger partial charge in [-0.25, -0.2) is 0 Å². The Morgan fingerprint density at radius 2 is 1.15 bits per heavy atom. The smallest absolute Gasteiger partial charge is 0.250 e. The second-order valence-electron chi connectivity index (χ2n) is 5.77. The fourth-order valence-corrected chi connectivity index (χ4v) is 1.88. The number of carbonyl (C=O) groups is 2. The molecule has 2 N–H and O–H groups in total. The van der Waals surface area contributed by atoms with Crippen molar-refractivity contribution in [2.24, 2.45) is 10.2 Å². The minimum atomic E-state index is -0.250. The summed E-state index contributed by atoms with van der Waals surface area (Å²) >= 11 is 0. The van der Waals surface area contributed by atoms with Crippen LogP contribution in [0.15, 0.2) is 83.1 Å². The molecule has 2 aromatic carbocycles. The minimum Gasteiger partial charge on any atom is -0.322 e. The largest absolute Gasteiger partial charge is 0.322 e. The predicted molar refractivity (Wildman–Crippen MR) is 104 cm³/mol. The molecule has 6 heteroatoms. The highest BCUT2D eigenvalue weighted by Crippen LogP contribution is 2.23. The molecule has 132 valence electrons. The van der Waals surface area contributed by atoms with Gasteiger partial charge in [0.25, 0.3) is 11.8 Å². The predicted octanol–water partition coefficient (Wildman–Crippen LogP) is 5.13. The van der Waals surface area contributed by atoms with Crippen molar-refractivity contribution in [1.29, 1.82) is 0 Å². The van der Waals surface area contributed by atoms with E-state index in [1.165, 1.54) is 0 Å². The summed E-state index contributed by atoms with van der Waals surface area (Å²) in [5.74, 6) is -0.500. The maximum atomic E-state index is 11.7. The Kier molecular flexibility index (Phi) is 6.16. The second kappa shape index (κ2) is 8.53. The summed E-state index contributed by atoms with van der Waals surface area (Å²) in [6, 6.07) is 14.0. The normalized spacial score (nSPS) is 10.4. The summed E-state index contributed by atoms with van der Waals surface area (Å²) in [5, 5.41) is 13.8. The Morgan fingerprint density at radius 3 is 1.50 bits per heavy atom. The highest BCUT2D eigenvalue weighted by atomic mass is 16.2. The number of carbonyl (C=O) groups excluding carboxylic acids is 2. The van der Waals surface area contributed by atoms with Crippen molar-refractivity contribution in [3.63, 3.8) is 0 Å². The van der Waals surface area contributed by atoms with Crippen molar-refractivity contribution in [2.45, 2.75) is 13.8 Å². The van der Waals surface area contributed by atoms with E-state index in [1.54, 1.807) is 62.4 Å². The first-order chi connectivity index (χ1) is 12.3. The van der Waals surface area contributed by atoms with E-state index < -0.39 is 0 Å². The third-order valence-corrected chi connectivity index (χ3v) is 3.26. The molecular formula is C20H20N4O2. The topological polar surface area (TPSA) is 82.9 Å². The van der Waals surface area contributed by atoms with Crippen LogP contribution in [-0.2, 0) is 9.59 Å². The second-order valence-corrected chi connectivity index (χ2v) is 5.77. The lowest BCUT2D eigenvalue weighted by Gasteiger charge is -2.05. The van der Waals surface area contributed by atoms with Crippen LogP contribution in [0.25, 0.3) is 0 Å². The van der Waals surface area contributed by atoms with E-state index in [4.69, 9.17) is 0 Å². The number of hydrogen-bond acceptors (Lipinski definition) is 4. The van der Waals surface area contributed by atoms with E-state index in [2.05, 4.69) is 34.0 Å². The number of rotatable bonds is 6. The van der Waals surface area contributed by atoms with Gasteiger partial charge in [-0.3, -0.25) is 9.59 Å². The van der Waals surface area contributed by atoms with Gasteiger partial charge in [0.2, 0.25) is 0 Å². The maximum absolute atomic E-state index is 11.7. The molecule has 0 unspecified atom stereocenters. The Balaban J connectivity index is 2.12. The quantitative estimate of drug-likeness (QED) is 0.560. The summed E-state index contributed by atoms with van der Waals surface area (Å²) < 4.78 is 0. The van der Waals surface area contributed by atoms with Crippen LogP contribution in [0.4, 0.5) is 22.7 Å². The lowest BCUT2D eigenvalue weighted by Crippen LogP contribution is -2.11. The van der Waals surface area contributed by atoms with Gasteiger partial charge in [0.05, 0.1) is 11.4 Å². The van der Waals surface area contributed by atoms with Crippen molar-refractivity contribution >= 4 is 34.6 Å². The van der Waals surface area contributed by atoms with Crippen LogP contribution in [0, 0.1) is 0 Å². The molecule has 2 rings (SSSR count). The third-order valence-electron chi connectivity index (χ3n) is 3.26.